The van der Waals surface area contributed by atoms with E-state index < -0.39 is 27.4 Å². The largest absolute Gasteiger partial charge is 0.324 e. The SMILES string of the molecule is Cc1ccc([N+](=O)[O-])cc1N(CC(=O)Nc1cccc(Cl)c1C)S(C)(=O)=O. The molecule has 0 heterocycles. The van der Waals surface area contributed by atoms with Crippen LogP contribution in [0, 0.1) is 24.0 Å². The van der Waals surface area contributed by atoms with Crippen LogP contribution in [0.4, 0.5) is 17.1 Å². The number of amides is 1. The Hall–Kier alpha value is -2.65. The van der Waals surface area contributed by atoms with Gasteiger partial charge in [-0.1, -0.05) is 23.7 Å². The van der Waals surface area contributed by atoms with Gasteiger partial charge in [-0.05, 0) is 37.1 Å². The van der Waals surface area contributed by atoms with Crippen molar-refractivity contribution in [2.45, 2.75) is 13.8 Å². The smallest absolute Gasteiger partial charge is 0.271 e. The number of nitrogens with zero attached hydrogens (tertiary/aromatic N) is 2. The maximum Gasteiger partial charge on any atom is 0.271 e. The molecule has 10 heteroatoms. The van der Waals surface area contributed by atoms with E-state index >= 15 is 0 Å². The normalized spacial score (nSPS) is 11.1. The number of hydrogen-bond donors (Lipinski definition) is 1. The van der Waals surface area contributed by atoms with Crippen molar-refractivity contribution in [2.24, 2.45) is 0 Å². The molecule has 0 aliphatic rings. The molecular weight excluding hydrogens is 394 g/mol. The molecule has 1 N–H and O–H groups in total. The van der Waals surface area contributed by atoms with E-state index in [9.17, 15) is 23.3 Å². The molecule has 0 saturated carbocycles. The van der Waals surface area contributed by atoms with Crippen molar-refractivity contribution >= 4 is 44.6 Å². The highest BCUT2D eigenvalue weighted by Gasteiger charge is 2.24. The fraction of sp³-hybridized carbons (Fsp3) is 0.235. The highest BCUT2D eigenvalue weighted by atomic mass is 35.5. The Morgan fingerprint density at radius 2 is 1.93 bits per heavy atom. The molecule has 0 spiro atoms. The van der Waals surface area contributed by atoms with Gasteiger partial charge in [0.15, 0.2) is 0 Å². The number of benzene rings is 2. The molecule has 0 unspecified atom stereocenters. The summed E-state index contributed by atoms with van der Waals surface area (Å²) >= 11 is 6.02. The van der Waals surface area contributed by atoms with Gasteiger partial charge in [0.1, 0.15) is 6.54 Å². The second-order valence-corrected chi connectivity index (χ2v) is 8.27. The van der Waals surface area contributed by atoms with Crippen molar-refractivity contribution in [3.05, 3.63) is 62.7 Å². The van der Waals surface area contributed by atoms with Crippen molar-refractivity contribution in [3.63, 3.8) is 0 Å². The fourth-order valence-electron chi connectivity index (χ4n) is 2.42. The highest BCUT2D eigenvalue weighted by molar-refractivity contribution is 7.92. The second-order valence-electron chi connectivity index (χ2n) is 5.96. The number of carbonyl (C=O) groups excluding carboxylic acids is 1. The van der Waals surface area contributed by atoms with Crippen molar-refractivity contribution in [1.82, 2.24) is 0 Å². The number of halogens is 1. The molecule has 2 aromatic rings. The molecule has 0 bridgehead atoms. The van der Waals surface area contributed by atoms with Crippen LogP contribution in [0.5, 0.6) is 0 Å². The minimum absolute atomic E-state index is 0.0738. The Morgan fingerprint density at radius 1 is 1.26 bits per heavy atom. The number of non-ortho nitro benzene ring substituents is 1. The van der Waals surface area contributed by atoms with Gasteiger partial charge in [0.25, 0.3) is 5.69 Å². The van der Waals surface area contributed by atoms with Crippen molar-refractivity contribution in [2.75, 3.05) is 22.4 Å². The number of nitrogens with one attached hydrogen (secondary N) is 1. The van der Waals surface area contributed by atoms with E-state index in [0.717, 1.165) is 16.6 Å². The number of carbonyl (C=O) groups is 1. The Balaban J connectivity index is 2.36. The van der Waals surface area contributed by atoms with Crippen LogP contribution >= 0.6 is 11.6 Å². The number of rotatable bonds is 6. The first-order valence-electron chi connectivity index (χ1n) is 7.78. The van der Waals surface area contributed by atoms with Crippen LogP contribution < -0.4 is 9.62 Å². The maximum atomic E-state index is 12.4. The molecule has 0 fully saturated rings. The summed E-state index contributed by atoms with van der Waals surface area (Å²) in [6.07, 6.45) is 0.934. The summed E-state index contributed by atoms with van der Waals surface area (Å²) in [6.45, 7) is 2.79. The topological polar surface area (TPSA) is 110 Å². The quantitative estimate of drug-likeness (QED) is 0.579. The summed E-state index contributed by atoms with van der Waals surface area (Å²) in [7, 11) is -3.86. The standard InChI is InChI=1S/C17H18ClN3O5S/c1-11-7-8-13(21(23)24)9-16(11)20(27(3,25)26)10-17(22)19-15-6-4-5-14(18)12(15)2/h4-9H,10H2,1-3H3,(H,19,22). The first-order valence-corrected chi connectivity index (χ1v) is 10.0. The molecule has 2 rings (SSSR count). The number of nitro benzene ring substituents is 1. The Morgan fingerprint density at radius 3 is 2.52 bits per heavy atom. The predicted molar refractivity (Wildman–Crippen MR) is 105 cm³/mol. The van der Waals surface area contributed by atoms with Crippen LogP contribution in [0.3, 0.4) is 0 Å². The molecule has 2 aromatic carbocycles. The van der Waals surface area contributed by atoms with Crippen molar-refractivity contribution < 1.29 is 18.1 Å². The first kappa shape index (κ1) is 20.7. The van der Waals surface area contributed by atoms with Gasteiger partial charge in [-0.25, -0.2) is 8.42 Å². The van der Waals surface area contributed by atoms with Gasteiger partial charge in [0.05, 0.1) is 16.9 Å². The number of sulfonamides is 1. The summed E-state index contributed by atoms with van der Waals surface area (Å²) in [4.78, 5) is 22.8. The third-order valence-electron chi connectivity index (χ3n) is 3.90. The fourth-order valence-corrected chi connectivity index (χ4v) is 3.50. The minimum atomic E-state index is -3.86. The summed E-state index contributed by atoms with van der Waals surface area (Å²) < 4.78 is 25.3. The molecule has 144 valence electrons. The number of hydrogen-bond acceptors (Lipinski definition) is 5. The van der Waals surface area contributed by atoms with Crippen LogP contribution in [-0.2, 0) is 14.8 Å². The van der Waals surface area contributed by atoms with E-state index in [4.69, 9.17) is 11.6 Å². The third kappa shape index (κ3) is 4.95. The lowest BCUT2D eigenvalue weighted by molar-refractivity contribution is -0.384. The van der Waals surface area contributed by atoms with E-state index in [2.05, 4.69) is 5.32 Å². The molecule has 0 radical (unpaired) electrons. The highest BCUT2D eigenvalue weighted by Crippen LogP contribution is 2.28. The zero-order valence-electron chi connectivity index (χ0n) is 14.9. The van der Waals surface area contributed by atoms with E-state index in [1.807, 2.05) is 0 Å². The molecule has 0 saturated heterocycles. The third-order valence-corrected chi connectivity index (χ3v) is 5.44. The van der Waals surface area contributed by atoms with Gasteiger partial charge >= 0.3 is 0 Å². The van der Waals surface area contributed by atoms with Gasteiger partial charge in [0, 0.05) is 22.8 Å². The zero-order chi connectivity index (χ0) is 20.4. The number of anilines is 2. The Kier molecular flexibility index (Phi) is 6.07. The van der Waals surface area contributed by atoms with Gasteiger partial charge in [-0.15, -0.1) is 0 Å². The van der Waals surface area contributed by atoms with Crippen LogP contribution in [-0.4, -0.2) is 32.0 Å². The maximum absolute atomic E-state index is 12.4. The number of aryl methyl sites for hydroxylation is 1. The Bertz CT molecular complexity index is 1010. The van der Waals surface area contributed by atoms with E-state index in [1.54, 1.807) is 32.0 Å². The zero-order valence-corrected chi connectivity index (χ0v) is 16.5. The minimum Gasteiger partial charge on any atom is -0.324 e. The number of nitro groups is 1. The summed E-state index contributed by atoms with van der Waals surface area (Å²) in [5.74, 6) is -0.600. The van der Waals surface area contributed by atoms with Crippen LogP contribution in [0.25, 0.3) is 0 Å². The van der Waals surface area contributed by atoms with Gasteiger partial charge in [0.2, 0.25) is 15.9 Å². The Labute approximate surface area is 162 Å². The molecular formula is C17H18ClN3O5S. The molecule has 8 nitrogen and oxygen atoms in total. The van der Waals surface area contributed by atoms with E-state index in [1.165, 1.54) is 12.1 Å². The predicted octanol–water partition coefficient (Wildman–Crippen LogP) is 3.27. The van der Waals surface area contributed by atoms with Crippen molar-refractivity contribution in [3.8, 4) is 0 Å². The molecule has 0 aliphatic carbocycles. The lowest BCUT2D eigenvalue weighted by atomic mass is 10.2. The second kappa shape index (κ2) is 7.93. The monoisotopic (exact) mass is 411 g/mol. The van der Waals surface area contributed by atoms with Crippen LogP contribution in [0.1, 0.15) is 11.1 Å². The first-order chi connectivity index (χ1) is 12.5. The van der Waals surface area contributed by atoms with Gasteiger partial charge < -0.3 is 5.32 Å². The lowest BCUT2D eigenvalue weighted by Crippen LogP contribution is -2.38. The molecule has 27 heavy (non-hydrogen) atoms. The molecule has 0 atom stereocenters. The molecule has 1 amide bonds. The average molecular weight is 412 g/mol. The molecule has 0 aromatic heterocycles. The van der Waals surface area contributed by atoms with E-state index in [0.29, 0.717) is 21.8 Å². The molecule has 0 aliphatic heterocycles. The van der Waals surface area contributed by atoms with Gasteiger partial charge in [-0.3, -0.25) is 19.2 Å². The van der Waals surface area contributed by atoms with Crippen LogP contribution in [0.15, 0.2) is 36.4 Å². The average Bonchev–Trinajstić information content (AvgIpc) is 2.56. The van der Waals surface area contributed by atoms with E-state index in [-0.39, 0.29) is 11.4 Å². The van der Waals surface area contributed by atoms with Gasteiger partial charge in [-0.2, -0.15) is 0 Å². The van der Waals surface area contributed by atoms with Crippen molar-refractivity contribution in [1.29, 1.82) is 0 Å². The van der Waals surface area contributed by atoms with Crippen LogP contribution in [0.2, 0.25) is 5.02 Å². The summed E-state index contributed by atoms with van der Waals surface area (Å²) in [5.41, 5.74) is 1.39. The summed E-state index contributed by atoms with van der Waals surface area (Å²) in [6, 6.07) is 8.81. The summed E-state index contributed by atoms with van der Waals surface area (Å²) in [5, 5.41) is 14.1. The lowest BCUT2D eigenvalue weighted by Gasteiger charge is -2.23.